The van der Waals surface area contributed by atoms with E-state index in [1.54, 1.807) is 4.90 Å². The maximum Gasteiger partial charge on any atom is 0.311 e. The van der Waals surface area contributed by atoms with Gasteiger partial charge < -0.3 is 15.1 Å². The highest BCUT2D eigenvalue weighted by Gasteiger charge is 2.35. The number of piperazine rings is 1. The minimum Gasteiger partial charge on any atom is -0.345 e. The predicted molar refractivity (Wildman–Crippen MR) is 106 cm³/mol. The van der Waals surface area contributed by atoms with Crippen LogP contribution in [0.5, 0.6) is 0 Å². The number of carbonyl (C=O) groups is 3. The first kappa shape index (κ1) is 20.3. The molecular formula is C21H30N4O3. The number of likely N-dealkylation sites (N-methyl/N-ethyl adjacent to an activating group) is 1. The predicted octanol–water partition coefficient (Wildman–Crippen LogP) is 1.02. The molecule has 0 spiro atoms. The van der Waals surface area contributed by atoms with Crippen LogP contribution in [0.4, 0.5) is 0 Å². The van der Waals surface area contributed by atoms with Crippen molar-refractivity contribution in [3.8, 4) is 0 Å². The fourth-order valence-electron chi connectivity index (χ4n) is 3.65. The van der Waals surface area contributed by atoms with Gasteiger partial charge in [-0.05, 0) is 32.3 Å². The fraction of sp³-hybridized carbons (Fsp3) is 0.571. The van der Waals surface area contributed by atoms with Crippen molar-refractivity contribution >= 4 is 17.7 Å². The van der Waals surface area contributed by atoms with Gasteiger partial charge in [-0.1, -0.05) is 30.3 Å². The molecule has 1 saturated heterocycles. The summed E-state index contributed by atoms with van der Waals surface area (Å²) >= 11 is 0. The third-order valence-corrected chi connectivity index (χ3v) is 5.50. The molecule has 1 heterocycles. The summed E-state index contributed by atoms with van der Waals surface area (Å²) in [4.78, 5) is 43.2. The summed E-state index contributed by atoms with van der Waals surface area (Å²) in [5.41, 5.74) is 0.964. The van der Waals surface area contributed by atoms with E-state index < -0.39 is 11.8 Å². The zero-order valence-electron chi connectivity index (χ0n) is 16.8. The van der Waals surface area contributed by atoms with Crippen molar-refractivity contribution in [1.29, 1.82) is 0 Å². The Morgan fingerprint density at radius 2 is 1.64 bits per heavy atom. The molecular weight excluding hydrogens is 356 g/mol. The lowest BCUT2D eigenvalue weighted by Gasteiger charge is -2.40. The van der Waals surface area contributed by atoms with Crippen molar-refractivity contribution in [1.82, 2.24) is 20.0 Å². The van der Waals surface area contributed by atoms with Crippen LogP contribution in [0.2, 0.25) is 0 Å². The van der Waals surface area contributed by atoms with Crippen LogP contribution in [0.3, 0.4) is 0 Å². The van der Waals surface area contributed by atoms with Gasteiger partial charge in [0.25, 0.3) is 0 Å². The van der Waals surface area contributed by atoms with E-state index in [9.17, 15) is 14.4 Å². The van der Waals surface area contributed by atoms with E-state index in [4.69, 9.17) is 0 Å². The molecule has 0 radical (unpaired) electrons. The van der Waals surface area contributed by atoms with Crippen LogP contribution in [0.25, 0.3) is 0 Å². The maximum atomic E-state index is 13.2. The van der Waals surface area contributed by atoms with Crippen molar-refractivity contribution < 1.29 is 14.4 Å². The van der Waals surface area contributed by atoms with Gasteiger partial charge in [0.15, 0.2) is 0 Å². The van der Waals surface area contributed by atoms with Crippen molar-refractivity contribution in [2.45, 2.75) is 38.8 Å². The van der Waals surface area contributed by atoms with Crippen molar-refractivity contribution in [3.63, 3.8) is 0 Å². The molecule has 1 aromatic rings. The van der Waals surface area contributed by atoms with Crippen LogP contribution in [0, 0.1) is 0 Å². The van der Waals surface area contributed by atoms with Crippen molar-refractivity contribution in [2.24, 2.45) is 0 Å². The highest BCUT2D eigenvalue weighted by Crippen LogP contribution is 2.25. The molecule has 1 saturated carbocycles. The lowest BCUT2D eigenvalue weighted by Crippen LogP contribution is -2.55. The zero-order valence-corrected chi connectivity index (χ0v) is 16.8. The Morgan fingerprint density at radius 3 is 2.18 bits per heavy atom. The number of hydrogen-bond donors (Lipinski definition) is 1. The van der Waals surface area contributed by atoms with Gasteiger partial charge in [0, 0.05) is 45.3 Å². The van der Waals surface area contributed by atoms with Gasteiger partial charge in [-0.2, -0.15) is 0 Å². The SMILES string of the molecule is CCN(CC)C(=O)[C@@H](c1ccccc1)N1CCN(C(=O)C(=O)NC2CC2)CC1. The Morgan fingerprint density at radius 1 is 1.04 bits per heavy atom. The average molecular weight is 386 g/mol. The second-order valence-electron chi connectivity index (χ2n) is 7.40. The summed E-state index contributed by atoms with van der Waals surface area (Å²) in [5.74, 6) is -0.880. The van der Waals surface area contributed by atoms with E-state index in [0.717, 1.165) is 18.4 Å². The molecule has 0 aromatic heterocycles. The summed E-state index contributed by atoms with van der Waals surface area (Å²) in [6, 6.07) is 9.60. The molecule has 1 aliphatic carbocycles. The Kier molecular flexibility index (Phi) is 6.67. The standard InChI is InChI=1S/C21H30N4O3/c1-3-23(4-2)20(27)18(16-8-6-5-7-9-16)24-12-14-25(15-13-24)21(28)19(26)22-17-10-11-17/h5-9,17-18H,3-4,10-15H2,1-2H3,(H,22,26)/t18-/m1/s1. The quantitative estimate of drug-likeness (QED) is 0.741. The number of benzene rings is 1. The first-order valence-electron chi connectivity index (χ1n) is 10.2. The molecule has 1 N–H and O–H groups in total. The van der Waals surface area contributed by atoms with Crippen LogP contribution < -0.4 is 5.32 Å². The van der Waals surface area contributed by atoms with Crippen LogP contribution >= 0.6 is 0 Å². The van der Waals surface area contributed by atoms with Crippen molar-refractivity contribution in [2.75, 3.05) is 39.3 Å². The molecule has 3 amide bonds. The van der Waals surface area contributed by atoms with E-state index in [1.165, 1.54) is 0 Å². The minimum absolute atomic E-state index is 0.0856. The molecule has 1 aromatic carbocycles. The third kappa shape index (κ3) is 4.70. The molecule has 1 aliphatic heterocycles. The number of nitrogens with zero attached hydrogens (tertiary/aromatic N) is 3. The van der Waals surface area contributed by atoms with Gasteiger partial charge in [0.05, 0.1) is 0 Å². The number of amides is 3. The topological polar surface area (TPSA) is 73.0 Å². The van der Waals surface area contributed by atoms with E-state index >= 15 is 0 Å². The summed E-state index contributed by atoms with van der Waals surface area (Å²) in [7, 11) is 0. The summed E-state index contributed by atoms with van der Waals surface area (Å²) in [5, 5.41) is 2.75. The van der Waals surface area contributed by atoms with Gasteiger partial charge in [-0.15, -0.1) is 0 Å². The molecule has 2 fully saturated rings. The molecule has 3 rings (SSSR count). The lowest BCUT2D eigenvalue weighted by molar-refractivity contribution is -0.148. The molecule has 28 heavy (non-hydrogen) atoms. The Hall–Kier alpha value is -2.41. The van der Waals surface area contributed by atoms with Gasteiger partial charge in [-0.25, -0.2) is 0 Å². The highest BCUT2D eigenvalue weighted by atomic mass is 16.2. The molecule has 0 unspecified atom stereocenters. The number of carbonyl (C=O) groups excluding carboxylic acids is 3. The Bertz CT molecular complexity index is 693. The molecule has 2 aliphatic rings. The largest absolute Gasteiger partial charge is 0.345 e. The molecule has 152 valence electrons. The number of rotatable bonds is 6. The van der Waals surface area contributed by atoms with Gasteiger partial charge >= 0.3 is 11.8 Å². The van der Waals surface area contributed by atoms with E-state index in [-0.39, 0.29) is 18.0 Å². The fourth-order valence-corrected chi connectivity index (χ4v) is 3.65. The van der Waals surface area contributed by atoms with E-state index in [2.05, 4.69) is 10.2 Å². The van der Waals surface area contributed by atoms with Gasteiger partial charge in [0.1, 0.15) is 6.04 Å². The van der Waals surface area contributed by atoms with E-state index in [1.807, 2.05) is 49.1 Å². The highest BCUT2D eigenvalue weighted by molar-refractivity contribution is 6.35. The third-order valence-electron chi connectivity index (χ3n) is 5.50. The monoisotopic (exact) mass is 386 g/mol. The van der Waals surface area contributed by atoms with Crippen LogP contribution in [0.1, 0.15) is 38.3 Å². The van der Waals surface area contributed by atoms with Crippen LogP contribution in [-0.2, 0) is 14.4 Å². The second-order valence-corrected chi connectivity index (χ2v) is 7.40. The molecule has 7 heteroatoms. The van der Waals surface area contributed by atoms with Crippen LogP contribution in [0.15, 0.2) is 30.3 Å². The zero-order chi connectivity index (χ0) is 20.1. The second kappa shape index (κ2) is 9.19. The van der Waals surface area contributed by atoms with E-state index in [0.29, 0.717) is 39.3 Å². The Labute approximate surface area is 166 Å². The molecule has 1 atom stereocenters. The number of nitrogens with one attached hydrogen (secondary N) is 1. The first-order valence-corrected chi connectivity index (χ1v) is 10.2. The average Bonchev–Trinajstić information content (AvgIpc) is 3.54. The summed E-state index contributed by atoms with van der Waals surface area (Å²) in [6.07, 6.45) is 1.91. The first-order chi connectivity index (χ1) is 13.5. The number of hydrogen-bond acceptors (Lipinski definition) is 4. The normalized spacial score (nSPS) is 18.4. The van der Waals surface area contributed by atoms with Gasteiger partial charge in [-0.3, -0.25) is 19.3 Å². The maximum absolute atomic E-state index is 13.2. The molecule has 7 nitrogen and oxygen atoms in total. The lowest BCUT2D eigenvalue weighted by atomic mass is 10.0. The Balaban J connectivity index is 1.68. The minimum atomic E-state index is -0.505. The van der Waals surface area contributed by atoms with Gasteiger partial charge in [0.2, 0.25) is 5.91 Å². The summed E-state index contributed by atoms with van der Waals surface area (Å²) in [6.45, 7) is 7.33. The summed E-state index contributed by atoms with van der Waals surface area (Å²) < 4.78 is 0. The van der Waals surface area contributed by atoms with Crippen molar-refractivity contribution in [3.05, 3.63) is 35.9 Å². The smallest absolute Gasteiger partial charge is 0.311 e. The van der Waals surface area contributed by atoms with Crippen LogP contribution in [-0.4, -0.2) is 77.7 Å². The molecule has 0 bridgehead atoms.